The zero-order chi connectivity index (χ0) is 17.3. The topological polar surface area (TPSA) is 54.5 Å². The number of amides is 2. The van der Waals surface area contributed by atoms with Gasteiger partial charge in [-0.25, -0.2) is 0 Å². The molecule has 2 aromatic rings. The molecule has 1 saturated heterocycles. The molecule has 122 valence electrons. The van der Waals surface area contributed by atoms with Crippen LogP contribution in [0.15, 0.2) is 59.1 Å². The quantitative estimate of drug-likeness (QED) is 0.597. The molecule has 0 bridgehead atoms. The Kier molecular flexibility index (Phi) is 4.37. The minimum absolute atomic E-state index is 0.0268. The lowest BCUT2D eigenvalue weighted by Gasteiger charge is -2.29. The monoisotopic (exact) mass is 385 g/mol. The lowest BCUT2D eigenvalue weighted by atomic mass is 9.72. The van der Waals surface area contributed by atoms with Crippen LogP contribution in [-0.2, 0) is 19.8 Å². The van der Waals surface area contributed by atoms with Crippen molar-refractivity contribution in [1.82, 2.24) is 0 Å². The molecule has 2 aromatic carbocycles. The average molecular weight is 386 g/mol. The summed E-state index contributed by atoms with van der Waals surface area (Å²) in [7, 11) is 0. The molecule has 1 fully saturated rings. The van der Waals surface area contributed by atoms with Crippen molar-refractivity contribution in [2.45, 2.75) is 18.8 Å². The van der Waals surface area contributed by atoms with E-state index in [4.69, 9.17) is 0 Å². The van der Waals surface area contributed by atoms with Crippen LogP contribution in [0.3, 0.4) is 0 Å². The number of aldehydes is 1. The van der Waals surface area contributed by atoms with E-state index in [2.05, 4.69) is 15.9 Å². The Labute approximate surface area is 148 Å². The summed E-state index contributed by atoms with van der Waals surface area (Å²) in [6.07, 6.45) is 0.808. The van der Waals surface area contributed by atoms with Crippen LogP contribution in [0.1, 0.15) is 18.9 Å². The second kappa shape index (κ2) is 6.32. The zero-order valence-electron chi connectivity index (χ0n) is 13.1. The Morgan fingerprint density at radius 2 is 1.71 bits per heavy atom. The molecule has 4 nitrogen and oxygen atoms in total. The molecule has 1 aliphatic rings. The molecule has 2 unspecified atom stereocenters. The summed E-state index contributed by atoms with van der Waals surface area (Å²) in [5, 5.41) is 0. The van der Waals surface area contributed by atoms with Gasteiger partial charge in [0.1, 0.15) is 6.29 Å². The van der Waals surface area contributed by atoms with Gasteiger partial charge < -0.3 is 4.79 Å². The maximum absolute atomic E-state index is 12.9. The summed E-state index contributed by atoms with van der Waals surface area (Å²) in [6.45, 7) is 1.72. The maximum Gasteiger partial charge on any atom is 0.238 e. The molecule has 1 aliphatic heterocycles. The van der Waals surface area contributed by atoms with E-state index in [1.165, 1.54) is 4.90 Å². The summed E-state index contributed by atoms with van der Waals surface area (Å²) in [4.78, 5) is 38.4. The molecule has 2 amide bonds. The van der Waals surface area contributed by atoms with Crippen molar-refractivity contribution in [3.63, 3.8) is 0 Å². The summed E-state index contributed by atoms with van der Waals surface area (Å²) in [5.41, 5.74) is 0.235. The second-order valence-corrected chi connectivity index (χ2v) is 6.98. The fourth-order valence-corrected chi connectivity index (χ4v) is 3.37. The highest BCUT2D eigenvalue weighted by Gasteiger charge is 2.50. The molecule has 5 heteroatoms. The number of nitrogens with zero attached hydrogens (tertiary/aromatic N) is 1. The lowest BCUT2D eigenvalue weighted by Crippen LogP contribution is -2.40. The van der Waals surface area contributed by atoms with Gasteiger partial charge in [0, 0.05) is 10.9 Å². The van der Waals surface area contributed by atoms with Crippen molar-refractivity contribution in [2.75, 3.05) is 4.90 Å². The third-order valence-electron chi connectivity index (χ3n) is 4.60. The van der Waals surface area contributed by atoms with Gasteiger partial charge in [0.2, 0.25) is 11.8 Å². The van der Waals surface area contributed by atoms with Gasteiger partial charge in [-0.3, -0.25) is 14.5 Å². The molecular weight excluding hydrogens is 370 g/mol. The van der Waals surface area contributed by atoms with Crippen molar-refractivity contribution in [3.8, 4) is 0 Å². The van der Waals surface area contributed by atoms with E-state index in [0.29, 0.717) is 5.69 Å². The standard InChI is InChI=1S/C19H16BrNO3/c1-19(12-22,13-5-3-2-4-6-13)16-11-17(23)21(18(16)24)15-9-7-14(20)8-10-15/h2-10,12,16H,11H2,1H3. The molecule has 0 spiro atoms. The molecule has 0 radical (unpaired) electrons. The number of hydrogen-bond donors (Lipinski definition) is 0. The first-order chi connectivity index (χ1) is 11.5. The Hall–Kier alpha value is -2.27. The molecule has 0 aromatic heterocycles. The fraction of sp³-hybridized carbons (Fsp3) is 0.211. The van der Waals surface area contributed by atoms with Gasteiger partial charge in [-0.2, -0.15) is 0 Å². The molecule has 2 atom stereocenters. The van der Waals surface area contributed by atoms with Crippen LogP contribution in [0, 0.1) is 5.92 Å². The number of anilines is 1. The van der Waals surface area contributed by atoms with Crippen molar-refractivity contribution in [2.24, 2.45) is 5.92 Å². The summed E-state index contributed by atoms with van der Waals surface area (Å²) in [5.74, 6) is -1.31. The fourth-order valence-electron chi connectivity index (χ4n) is 3.11. The van der Waals surface area contributed by atoms with Gasteiger partial charge in [-0.15, -0.1) is 0 Å². The minimum Gasteiger partial charge on any atom is -0.302 e. The highest BCUT2D eigenvalue weighted by Crippen LogP contribution is 2.39. The molecule has 0 saturated carbocycles. The number of hydrogen-bond acceptors (Lipinski definition) is 3. The van der Waals surface area contributed by atoms with Crippen LogP contribution >= 0.6 is 15.9 Å². The first kappa shape index (κ1) is 16.6. The van der Waals surface area contributed by atoms with Crippen molar-refractivity contribution in [1.29, 1.82) is 0 Å². The van der Waals surface area contributed by atoms with Gasteiger partial charge in [-0.1, -0.05) is 46.3 Å². The van der Waals surface area contributed by atoms with E-state index in [-0.39, 0.29) is 18.2 Å². The number of halogens is 1. The van der Waals surface area contributed by atoms with Crippen LogP contribution in [0.2, 0.25) is 0 Å². The normalized spacial score (nSPS) is 20.1. The third-order valence-corrected chi connectivity index (χ3v) is 5.12. The van der Waals surface area contributed by atoms with Gasteiger partial charge in [0.05, 0.1) is 17.0 Å². The molecule has 24 heavy (non-hydrogen) atoms. The molecule has 3 rings (SSSR count). The first-order valence-corrected chi connectivity index (χ1v) is 8.41. The third kappa shape index (κ3) is 2.69. The number of benzene rings is 2. The van der Waals surface area contributed by atoms with E-state index < -0.39 is 11.3 Å². The number of carbonyl (C=O) groups excluding carboxylic acids is 3. The SMILES string of the molecule is CC(C=O)(c1ccccc1)C1CC(=O)N(c2ccc(Br)cc2)C1=O. The molecule has 0 aliphatic carbocycles. The number of rotatable bonds is 4. The lowest BCUT2D eigenvalue weighted by molar-refractivity contribution is -0.126. The molecular formula is C19H16BrNO3. The summed E-state index contributed by atoms with van der Waals surface area (Å²) in [6, 6.07) is 16.1. The van der Waals surface area contributed by atoms with E-state index in [0.717, 1.165) is 16.3 Å². The number of imide groups is 1. The van der Waals surface area contributed by atoms with Crippen LogP contribution in [0.4, 0.5) is 5.69 Å². The largest absolute Gasteiger partial charge is 0.302 e. The van der Waals surface area contributed by atoms with Crippen molar-refractivity contribution < 1.29 is 14.4 Å². The maximum atomic E-state index is 12.9. The highest BCUT2D eigenvalue weighted by atomic mass is 79.9. The van der Waals surface area contributed by atoms with E-state index >= 15 is 0 Å². The predicted octanol–water partition coefficient (Wildman–Crippen LogP) is 3.49. The average Bonchev–Trinajstić information content (AvgIpc) is 2.91. The summed E-state index contributed by atoms with van der Waals surface area (Å²) < 4.78 is 0.865. The molecule has 1 heterocycles. The van der Waals surface area contributed by atoms with Gasteiger partial charge in [0.15, 0.2) is 0 Å². The van der Waals surface area contributed by atoms with Crippen molar-refractivity contribution >= 4 is 39.7 Å². The van der Waals surface area contributed by atoms with Crippen LogP contribution in [-0.4, -0.2) is 18.1 Å². The van der Waals surface area contributed by atoms with Gasteiger partial charge in [0.25, 0.3) is 0 Å². The van der Waals surface area contributed by atoms with E-state index in [9.17, 15) is 14.4 Å². The van der Waals surface area contributed by atoms with Gasteiger partial charge >= 0.3 is 0 Å². The van der Waals surface area contributed by atoms with Crippen LogP contribution in [0.25, 0.3) is 0 Å². The first-order valence-electron chi connectivity index (χ1n) is 7.61. The summed E-state index contributed by atoms with van der Waals surface area (Å²) >= 11 is 3.33. The Balaban J connectivity index is 1.98. The smallest absolute Gasteiger partial charge is 0.238 e. The van der Waals surface area contributed by atoms with E-state index in [1.807, 2.05) is 30.3 Å². The molecule has 0 N–H and O–H groups in total. The number of carbonyl (C=O) groups is 3. The van der Waals surface area contributed by atoms with Crippen LogP contribution < -0.4 is 4.90 Å². The Bertz CT molecular complexity index is 788. The Morgan fingerprint density at radius 1 is 1.08 bits per heavy atom. The van der Waals surface area contributed by atoms with Crippen molar-refractivity contribution in [3.05, 3.63) is 64.6 Å². The predicted molar refractivity (Wildman–Crippen MR) is 94.6 cm³/mol. The van der Waals surface area contributed by atoms with Crippen LogP contribution in [0.5, 0.6) is 0 Å². The van der Waals surface area contributed by atoms with Gasteiger partial charge in [-0.05, 0) is 36.8 Å². The minimum atomic E-state index is -1.03. The second-order valence-electron chi connectivity index (χ2n) is 6.07. The zero-order valence-corrected chi connectivity index (χ0v) is 14.7. The van der Waals surface area contributed by atoms with E-state index in [1.54, 1.807) is 31.2 Å². The Morgan fingerprint density at radius 3 is 2.29 bits per heavy atom. The highest BCUT2D eigenvalue weighted by molar-refractivity contribution is 9.10.